The Morgan fingerprint density at radius 2 is 2.12 bits per heavy atom. The highest BCUT2D eigenvalue weighted by Crippen LogP contribution is 2.21. The molecule has 25 heavy (non-hydrogen) atoms. The van der Waals surface area contributed by atoms with Gasteiger partial charge in [-0.25, -0.2) is 4.79 Å². The van der Waals surface area contributed by atoms with Crippen LogP contribution in [0.5, 0.6) is 0 Å². The lowest BCUT2D eigenvalue weighted by atomic mass is 10.2. The molecule has 0 spiro atoms. The molecule has 2 heterocycles. The van der Waals surface area contributed by atoms with E-state index in [4.69, 9.17) is 4.52 Å². The van der Waals surface area contributed by atoms with Crippen LogP contribution in [0.4, 0.5) is 10.5 Å². The van der Waals surface area contributed by atoms with E-state index in [1.807, 2.05) is 32.0 Å². The average molecular weight is 340 g/mol. The lowest BCUT2D eigenvalue weighted by Gasteiger charge is -2.18. The van der Waals surface area contributed by atoms with E-state index in [9.17, 15) is 4.79 Å². The second-order valence-corrected chi connectivity index (χ2v) is 6.37. The summed E-state index contributed by atoms with van der Waals surface area (Å²) in [5.41, 5.74) is 3.69. The number of hydrogen-bond acceptors (Lipinski definition) is 3. The summed E-state index contributed by atoms with van der Waals surface area (Å²) in [4.78, 5) is 14.1. The van der Waals surface area contributed by atoms with Gasteiger partial charge in [-0.2, -0.15) is 0 Å². The first-order valence-electron chi connectivity index (χ1n) is 8.52. The number of fused-ring (bicyclic) bond motifs is 1. The minimum Gasteiger partial charge on any atom is -0.361 e. The van der Waals surface area contributed by atoms with E-state index in [1.54, 1.807) is 11.9 Å². The van der Waals surface area contributed by atoms with Crippen LogP contribution in [0.3, 0.4) is 0 Å². The molecule has 0 saturated carbocycles. The highest BCUT2D eigenvalue weighted by atomic mass is 16.5. The van der Waals surface area contributed by atoms with E-state index in [2.05, 4.69) is 34.2 Å². The molecule has 0 radical (unpaired) electrons. The van der Waals surface area contributed by atoms with Crippen molar-refractivity contribution in [3.63, 3.8) is 0 Å². The molecule has 6 nitrogen and oxygen atoms in total. The monoisotopic (exact) mass is 340 g/mol. The van der Waals surface area contributed by atoms with Gasteiger partial charge in [-0.05, 0) is 43.9 Å². The van der Waals surface area contributed by atoms with Crippen molar-refractivity contribution in [3.8, 4) is 0 Å². The van der Waals surface area contributed by atoms with Crippen LogP contribution in [0.2, 0.25) is 0 Å². The van der Waals surface area contributed by atoms with Gasteiger partial charge in [0.1, 0.15) is 5.76 Å². The maximum absolute atomic E-state index is 12.5. The zero-order valence-corrected chi connectivity index (χ0v) is 15.2. The van der Waals surface area contributed by atoms with Crippen LogP contribution in [0.1, 0.15) is 30.4 Å². The summed E-state index contributed by atoms with van der Waals surface area (Å²) in [5, 5.41) is 8.08. The SMILES string of the molecule is CCCn1ccc2ccc(NC(=O)N(C)Cc3c(C)noc3C)cc21. The summed E-state index contributed by atoms with van der Waals surface area (Å²) >= 11 is 0. The van der Waals surface area contributed by atoms with E-state index in [1.165, 1.54) is 5.39 Å². The van der Waals surface area contributed by atoms with E-state index in [0.29, 0.717) is 6.54 Å². The fourth-order valence-electron chi connectivity index (χ4n) is 2.95. The third-order valence-electron chi connectivity index (χ3n) is 4.41. The number of aromatic nitrogens is 2. The van der Waals surface area contributed by atoms with Crippen molar-refractivity contribution >= 4 is 22.6 Å². The van der Waals surface area contributed by atoms with Crippen LogP contribution in [-0.2, 0) is 13.1 Å². The second kappa shape index (κ2) is 7.01. The predicted molar refractivity (Wildman–Crippen MR) is 98.7 cm³/mol. The highest BCUT2D eigenvalue weighted by Gasteiger charge is 2.15. The van der Waals surface area contributed by atoms with Crippen molar-refractivity contribution in [2.24, 2.45) is 0 Å². The molecule has 6 heteroatoms. The fraction of sp³-hybridized carbons (Fsp3) is 0.368. The lowest BCUT2D eigenvalue weighted by molar-refractivity contribution is 0.220. The van der Waals surface area contributed by atoms with Crippen LogP contribution in [0.15, 0.2) is 35.0 Å². The Balaban J connectivity index is 1.73. The predicted octanol–water partition coefficient (Wildman–Crippen LogP) is 4.32. The normalized spacial score (nSPS) is 11.0. The van der Waals surface area contributed by atoms with Crippen LogP contribution in [0, 0.1) is 13.8 Å². The van der Waals surface area contributed by atoms with Gasteiger partial charge in [-0.15, -0.1) is 0 Å². The number of anilines is 1. The minimum absolute atomic E-state index is 0.159. The first kappa shape index (κ1) is 17.1. The standard InChI is InChI=1S/C19H24N4O2/c1-5-9-23-10-8-15-6-7-16(11-18(15)23)20-19(24)22(4)12-17-13(2)21-25-14(17)3/h6-8,10-11H,5,9,12H2,1-4H3,(H,20,24). The van der Waals surface area contributed by atoms with Crippen molar-refractivity contribution < 1.29 is 9.32 Å². The van der Waals surface area contributed by atoms with Crippen LogP contribution in [-0.4, -0.2) is 27.7 Å². The number of nitrogens with one attached hydrogen (secondary N) is 1. The quantitative estimate of drug-likeness (QED) is 0.752. The molecule has 0 aliphatic rings. The largest absolute Gasteiger partial charge is 0.361 e. The zero-order chi connectivity index (χ0) is 18.0. The van der Waals surface area contributed by atoms with Crippen LogP contribution in [0.25, 0.3) is 10.9 Å². The Morgan fingerprint density at radius 3 is 2.80 bits per heavy atom. The third-order valence-corrected chi connectivity index (χ3v) is 4.41. The molecule has 132 valence electrons. The molecule has 0 aliphatic carbocycles. The molecule has 0 bridgehead atoms. The average Bonchev–Trinajstić information content (AvgIpc) is 3.13. The first-order valence-corrected chi connectivity index (χ1v) is 8.52. The maximum Gasteiger partial charge on any atom is 0.321 e. The number of hydrogen-bond donors (Lipinski definition) is 1. The Bertz CT molecular complexity index is 875. The Hall–Kier alpha value is -2.76. The lowest BCUT2D eigenvalue weighted by Crippen LogP contribution is -2.31. The molecule has 1 aromatic carbocycles. The van der Waals surface area contributed by atoms with E-state index >= 15 is 0 Å². The Labute approximate surface area is 147 Å². The van der Waals surface area contributed by atoms with Crippen molar-refractivity contribution in [3.05, 3.63) is 47.5 Å². The molecule has 3 aromatic rings. The molecule has 2 aromatic heterocycles. The third kappa shape index (κ3) is 3.52. The molecule has 2 amide bonds. The number of urea groups is 1. The van der Waals surface area contributed by atoms with Crippen molar-refractivity contribution in [1.29, 1.82) is 0 Å². The van der Waals surface area contributed by atoms with E-state index in [0.717, 1.165) is 41.2 Å². The molecule has 1 N–H and O–H groups in total. The Kier molecular flexibility index (Phi) is 4.79. The topological polar surface area (TPSA) is 63.3 Å². The summed E-state index contributed by atoms with van der Waals surface area (Å²) in [6.07, 6.45) is 3.16. The van der Waals surface area contributed by atoms with Crippen molar-refractivity contribution in [1.82, 2.24) is 14.6 Å². The van der Waals surface area contributed by atoms with Gasteiger partial charge in [0.05, 0.1) is 17.8 Å². The molecule has 0 saturated heterocycles. The summed E-state index contributed by atoms with van der Waals surface area (Å²) in [6, 6.07) is 7.92. The molecule has 0 unspecified atom stereocenters. The number of nitrogens with zero attached hydrogens (tertiary/aromatic N) is 3. The summed E-state index contributed by atoms with van der Waals surface area (Å²) in [5.74, 6) is 0.746. The van der Waals surface area contributed by atoms with Crippen molar-refractivity contribution in [2.75, 3.05) is 12.4 Å². The maximum atomic E-state index is 12.5. The Morgan fingerprint density at radius 1 is 1.32 bits per heavy atom. The summed E-state index contributed by atoms with van der Waals surface area (Å²) in [6.45, 7) is 7.32. The molecule has 0 atom stereocenters. The highest BCUT2D eigenvalue weighted by molar-refractivity contribution is 5.92. The first-order chi connectivity index (χ1) is 12.0. The minimum atomic E-state index is -0.159. The second-order valence-electron chi connectivity index (χ2n) is 6.37. The number of amides is 2. The van der Waals surface area contributed by atoms with E-state index in [-0.39, 0.29) is 6.03 Å². The van der Waals surface area contributed by atoms with Gasteiger partial charge in [0.15, 0.2) is 0 Å². The fourth-order valence-corrected chi connectivity index (χ4v) is 2.95. The smallest absolute Gasteiger partial charge is 0.321 e. The van der Waals surface area contributed by atoms with Crippen LogP contribution >= 0.6 is 0 Å². The number of benzene rings is 1. The molecule has 0 aliphatic heterocycles. The number of aryl methyl sites for hydroxylation is 3. The van der Waals surface area contributed by atoms with Gasteiger partial charge in [0, 0.05) is 31.0 Å². The molecule has 0 fully saturated rings. The number of carbonyl (C=O) groups excluding carboxylic acids is 1. The molecular weight excluding hydrogens is 316 g/mol. The van der Waals surface area contributed by atoms with Crippen LogP contribution < -0.4 is 5.32 Å². The van der Waals surface area contributed by atoms with Crippen molar-refractivity contribution in [2.45, 2.75) is 40.3 Å². The molecule has 3 rings (SSSR count). The molecular formula is C19H24N4O2. The van der Waals surface area contributed by atoms with Gasteiger partial charge in [-0.3, -0.25) is 0 Å². The number of carbonyl (C=O) groups is 1. The van der Waals surface area contributed by atoms with Gasteiger partial charge in [0.25, 0.3) is 0 Å². The summed E-state index contributed by atoms with van der Waals surface area (Å²) < 4.78 is 7.37. The van der Waals surface area contributed by atoms with Gasteiger partial charge < -0.3 is 19.3 Å². The summed E-state index contributed by atoms with van der Waals surface area (Å²) in [7, 11) is 1.76. The number of rotatable bonds is 5. The van der Waals surface area contributed by atoms with Gasteiger partial charge in [-0.1, -0.05) is 18.1 Å². The van der Waals surface area contributed by atoms with E-state index < -0.39 is 0 Å². The van der Waals surface area contributed by atoms with Gasteiger partial charge >= 0.3 is 6.03 Å². The zero-order valence-electron chi connectivity index (χ0n) is 15.2. The van der Waals surface area contributed by atoms with Gasteiger partial charge in [0.2, 0.25) is 0 Å².